The van der Waals surface area contributed by atoms with E-state index in [0.29, 0.717) is 30.5 Å². The number of ether oxygens (including phenoxy) is 1. The molecule has 27 heavy (non-hydrogen) atoms. The number of piperidine rings is 1. The summed E-state index contributed by atoms with van der Waals surface area (Å²) in [5, 5.41) is 4.51. The second-order valence-electron chi connectivity index (χ2n) is 7.54. The Morgan fingerprint density at radius 3 is 2.70 bits per heavy atom. The maximum atomic E-state index is 12.4. The van der Waals surface area contributed by atoms with Crippen molar-refractivity contribution in [2.24, 2.45) is 5.92 Å². The first-order chi connectivity index (χ1) is 13.0. The number of cyclic esters (lactones) is 1. The summed E-state index contributed by atoms with van der Waals surface area (Å²) in [7, 11) is 0. The van der Waals surface area contributed by atoms with E-state index in [9.17, 15) is 14.4 Å². The molecule has 0 bridgehead atoms. The van der Waals surface area contributed by atoms with Gasteiger partial charge in [-0.15, -0.1) is 11.3 Å². The predicted octanol–water partition coefficient (Wildman–Crippen LogP) is 2.34. The van der Waals surface area contributed by atoms with Crippen molar-refractivity contribution < 1.29 is 19.1 Å². The van der Waals surface area contributed by atoms with E-state index in [1.54, 1.807) is 11.0 Å². The molecular weight excluding hydrogens is 366 g/mol. The molecule has 2 saturated heterocycles. The van der Waals surface area contributed by atoms with Crippen molar-refractivity contribution in [2.45, 2.75) is 45.2 Å². The Morgan fingerprint density at radius 2 is 2.07 bits per heavy atom. The van der Waals surface area contributed by atoms with Crippen LogP contribution < -0.4 is 5.32 Å². The van der Waals surface area contributed by atoms with E-state index < -0.39 is 0 Å². The topological polar surface area (TPSA) is 79.0 Å². The van der Waals surface area contributed by atoms with Gasteiger partial charge in [-0.05, 0) is 36.6 Å². The Morgan fingerprint density at radius 1 is 1.33 bits per heavy atom. The van der Waals surface area contributed by atoms with E-state index in [4.69, 9.17) is 4.74 Å². The van der Waals surface area contributed by atoms with Gasteiger partial charge in [0, 0.05) is 19.1 Å². The fraction of sp³-hybridized carbons (Fsp3) is 0.632. The number of carbonyl (C=O) groups is 3. The lowest BCUT2D eigenvalue weighted by atomic mass is 9.98. The summed E-state index contributed by atoms with van der Waals surface area (Å²) in [6, 6.07) is 3.80. The van der Waals surface area contributed by atoms with Gasteiger partial charge < -0.3 is 15.0 Å². The van der Waals surface area contributed by atoms with Crippen molar-refractivity contribution >= 4 is 29.2 Å². The van der Waals surface area contributed by atoms with Crippen LogP contribution in [0.2, 0.25) is 0 Å². The first-order valence-electron chi connectivity index (χ1n) is 9.50. The van der Waals surface area contributed by atoms with Gasteiger partial charge in [-0.3, -0.25) is 14.5 Å². The molecule has 0 radical (unpaired) electrons. The molecule has 2 aliphatic rings. The van der Waals surface area contributed by atoms with Crippen LogP contribution >= 0.6 is 11.3 Å². The number of hydrogen-bond acceptors (Lipinski definition) is 5. The largest absolute Gasteiger partial charge is 0.447 e. The Labute approximate surface area is 163 Å². The maximum Gasteiger partial charge on any atom is 0.410 e. The lowest BCUT2D eigenvalue weighted by Gasteiger charge is -2.38. The zero-order valence-corrected chi connectivity index (χ0v) is 16.7. The molecule has 0 saturated carbocycles. The number of likely N-dealkylation sites (tertiary alicyclic amines) is 1. The summed E-state index contributed by atoms with van der Waals surface area (Å²) >= 11 is 1.35. The average Bonchev–Trinajstić information content (AvgIpc) is 3.29. The van der Waals surface area contributed by atoms with Crippen molar-refractivity contribution in [3.63, 3.8) is 0 Å². The summed E-state index contributed by atoms with van der Waals surface area (Å²) in [6.07, 6.45) is 2.19. The first-order valence-corrected chi connectivity index (χ1v) is 10.4. The van der Waals surface area contributed by atoms with E-state index in [1.165, 1.54) is 11.3 Å². The number of hydrogen-bond donors (Lipinski definition) is 1. The number of nitrogens with zero attached hydrogens (tertiary/aromatic N) is 2. The smallest absolute Gasteiger partial charge is 0.410 e. The van der Waals surface area contributed by atoms with Crippen molar-refractivity contribution in [1.29, 1.82) is 0 Å². The van der Waals surface area contributed by atoms with Crippen molar-refractivity contribution in [2.75, 3.05) is 26.2 Å². The number of nitrogens with one attached hydrogen (secondary N) is 1. The minimum Gasteiger partial charge on any atom is -0.447 e. The van der Waals surface area contributed by atoms with Crippen molar-refractivity contribution in [3.8, 4) is 0 Å². The molecule has 0 spiro atoms. The summed E-state index contributed by atoms with van der Waals surface area (Å²) in [6.45, 7) is 5.95. The Balaban J connectivity index is 1.47. The molecular formula is C19H27N3O4S. The molecule has 1 atom stereocenters. The van der Waals surface area contributed by atoms with Crippen LogP contribution in [0.4, 0.5) is 4.79 Å². The highest BCUT2D eigenvalue weighted by atomic mass is 32.1. The van der Waals surface area contributed by atoms with E-state index in [1.807, 2.05) is 16.3 Å². The van der Waals surface area contributed by atoms with E-state index in [0.717, 1.165) is 19.3 Å². The highest BCUT2D eigenvalue weighted by Crippen LogP contribution is 2.27. The second kappa shape index (κ2) is 8.73. The standard InChI is InChI=1S/C19H27N3O4S/c1-13(2)10-15-12-26-19(25)22(15)14-5-7-21(8-6-14)17(23)11-20-18(24)16-4-3-9-27-16/h3-4,9,13-15H,5-8,10-12H2,1-2H3,(H,20,24). The van der Waals surface area contributed by atoms with Gasteiger partial charge in [0.15, 0.2) is 0 Å². The van der Waals surface area contributed by atoms with Crippen LogP contribution in [0, 0.1) is 5.92 Å². The number of amides is 3. The quantitative estimate of drug-likeness (QED) is 0.805. The molecule has 2 aliphatic heterocycles. The Hall–Kier alpha value is -2.09. The maximum absolute atomic E-state index is 12.4. The van der Waals surface area contributed by atoms with Crippen molar-refractivity contribution in [1.82, 2.24) is 15.1 Å². The molecule has 148 valence electrons. The minimum atomic E-state index is -0.228. The zero-order valence-electron chi connectivity index (χ0n) is 15.8. The highest BCUT2D eigenvalue weighted by molar-refractivity contribution is 7.12. The van der Waals surface area contributed by atoms with Crippen LogP contribution in [0.15, 0.2) is 17.5 Å². The molecule has 1 N–H and O–H groups in total. The predicted molar refractivity (Wildman–Crippen MR) is 103 cm³/mol. The Kier molecular flexibility index (Phi) is 6.36. The summed E-state index contributed by atoms with van der Waals surface area (Å²) in [5.41, 5.74) is 0. The van der Waals surface area contributed by atoms with Gasteiger partial charge in [0.05, 0.1) is 17.5 Å². The molecule has 0 aliphatic carbocycles. The third-order valence-corrected chi connectivity index (χ3v) is 5.97. The number of thiophene rings is 1. The van der Waals surface area contributed by atoms with Crippen molar-refractivity contribution in [3.05, 3.63) is 22.4 Å². The third kappa shape index (κ3) is 4.80. The molecule has 7 nitrogen and oxygen atoms in total. The molecule has 0 aromatic carbocycles. The fourth-order valence-corrected chi connectivity index (χ4v) is 4.44. The van der Waals surface area contributed by atoms with Crippen LogP contribution in [0.3, 0.4) is 0 Å². The highest BCUT2D eigenvalue weighted by Gasteiger charge is 2.39. The number of rotatable bonds is 6. The lowest BCUT2D eigenvalue weighted by molar-refractivity contribution is -0.131. The molecule has 2 fully saturated rings. The molecule has 8 heteroatoms. The van der Waals surface area contributed by atoms with E-state index in [2.05, 4.69) is 19.2 Å². The van der Waals surface area contributed by atoms with Gasteiger partial charge in [-0.25, -0.2) is 4.79 Å². The number of carbonyl (C=O) groups excluding carboxylic acids is 3. The molecule has 3 rings (SSSR count). The SMILES string of the molecule is CC(C)CC1COC(=O)N1C1CCN(C(=O)CNC(=O)c2cccs2)CC1. The fourth-order valence-electron chi connectivity index (χ4n) is 3.80. The molecule has 1 unspecified atom stereocenters. The van der Waals surface area contributed by atoms with Crippen LogP contribution in [-0.4, -0.2) is 66.0 Å². The van der Waals surface area contributed by atoms with Crippen LogP contribution in [-0.2, 0) is 9.53 Å². The third-order valence-electron chi connectivity index (χ3n) is 5.10. The normalized spacial score (nSPS) is 20.9. The average molecular weight is 394 g/mol. The van der Waals surface area contributed by atoms with Gasteiger partial charge in [-0.1, -0.05) is 19.9 Å². The van der Waals surface area contributed by atoms with E-state index in [-0.39, 0.29) is 36.5 Å². The van der Waals surface area contributed by atoms with Gasteiger partial charge in [0.1, 0.15) is 6.61 Å². The van der Waals surface area contributed by atoms with Crippen LogP contribution in [0.5, 0.6) is 0 Å². The van der Waals surface area contributed by atoms with Gasteiger partial charge in [0.25, 0.3) is 5.91 Å². The van der Waals surface area contributed by atoms with Crippen LogP contribution in [0.25, 0.3) is 0 Å². The van der Waals surface area contributed by atoms with Crippen LogP contribution in [0.1, 0.15) is 42.8 Å². The lowest BCUT2D eigenvalue weighted by Crippen LogP contribution is -2.51. The van der Waals surface area contributed by atoms with Gasteiger partial charge >= 0.3 is 6.09 Å². The van der Waals surface area contributed by atoms with Gasteiger partial charge in [0.2, 0.25) is 5.91 Å². The monoisotopic (exact) mass is 393 g/mol. The van der Waals surface area contributed by atoms with E-state index >= 15 is 0 Å². The summed E-state index contributed by atoms with van der Waals surface area (Å²) in [4.78, 5) is 40.7. The van der Waals surface area contributed by atoms with Gasteiger partial charge in [-0.2, -0.15) is 0 Å². The zero-order chi connectivity index (χ0) is 19.4. The molecule has 3 amide bonds. The first kappa shape index (κ1) is 19.7. The summed E-state index contributed by atoms with van der Waals surface area (Å²) in [5.74, 6) is 0.200. The minimum absolute atomic E-state index is 0.00311. The summed E-state index contributed by atoms with van der Waals surface area (Å²) < 4.78 is 5.27. The molecule has 1 aromatic rings. The molecule has 3 heterocycles. The second-order valence-corrected chi connectivity index (χ2v) is 8.49. The Bertz CT molecular complexity index is 669. The molecule has 1 aromatic heterocycles.